The maximum atomic E-state index is 12.9. The second-order valence-electron chi connectivity index (χ2n) is 5.63. The summed E-state index contributed by atoms with van der Waals surface area (Å²) < 4.78 is 41.2. The van der Waals surface area contributed by atoms with E-state index in [0.29, 0.717) is 5.69 Å². The zero-order valence-electron chi connectivity index (χ0n) is 13.8. The molecule has 1 atom stereocenters. The number of hydrogen-bond acceptors (Lipinski definition) is 5. The minimum absolute atomic E-state index is 0.0273. The van der Waals surface area contributed by atoms with Gasteiger partial charge in [-0.3, -0.25) is 4.79 Å². The van der Waals surface area contributed by atoms with Crippen molar-refractivity contribution in [3.05, 3.63) is 70.1 Å². The van der Waals surface area contributed by atoms with E-state index in [-0.39, 0.29) is 17.0 Å². The molecule has 3 aromatic rings. The number of hydrogen-bond donors (Lipinski definition) is 1. The van der Waals surface area contributed by atoms with E-state index in [0.717, 1.165) is 17.0 Å². The van der Waals surface area contributed by atoms with Crippen molar-refractivity contribution in [2.75, 3.05) is 6.54 Å². The van der Waals surface area contributed by atoms with Gasteiger partial charge in [-0.15, -0.1) is 11.3 Å². The van der Waals surface area contributed by atoms with Crippen LogP contribution in [0.5, 0.6) is 0 Å². The van der Waals surface area contributed by atoms with Crippen LogP contribution in [-0.2, 0) is 10.0 Å². The van der Waals surface area contributed by atoms with Crippen molar-refractivity contribution in [2.24, 2.45) is 0 Å². The molecule has 0 bridgehead atoms. The summed E-state index contributed by atoms with van der Waals surface area (Å²) in [7, 11) is -3.80. The Kier molecular flexibility index (Phi) is 5.30. The molecule has 2 heterocycles. The first kappa shape index (κ1) is 18.4. The van der Waals surface area contributed by atoms with Crippen molar-refractivity contribution >= 4 is 21.4 Å². The van der Waals surface area contributed by atoms with Gasteiger partial charge in [0.2, 0.25) is 10.0 Å². The average molecular weight is 393 g/mol. The number of nitrogens with zero attached hydrogens (tertiary/aromatic N) is 2. The standard InChI is InChI=1S/C17H16FN3O3S2/c1-12(11-19-26(23,24)14-6-4-13(18)5-7-14)21-17(22)9-8-15(20-21)16-3-2-10-25-16/h2-10,12,19H,11H2,1H3. The Bertz CT molecular complexity index is 1050. The lowest BCUT2D eigenvalue weighted by atomic mass is 10.3. The van der Waals surface area contributed by atoms with E-state index in [2.05, 4.69) is 9.82 Å². The van der Waals surface area contributed by atoms with Gasteiger partial charge in [0.05, 0.1) is 15.8 Å². The van der Waals surface area contributed by atoms with Crippen LogP contribution in [0.15, 0.2) is 63.6 Å². The van der Waals surface area contributed by atoms with Crippen LogP contribution in [0.4, 0.5) is 4.39 Å². The van der Waals surface area contributed by atoms with Gasteiger partial charge in [0.25, 0.3) is 5.56 Å². The van der Waals surface area contributed by atoms with Crippen LogP contribution in [0.3, 0.4) is 0 Å². The van der Waals surface area contributed by atoms with Crippen molar-refractivity contribution in [3.63, 3.8) is 0 Å². The first-order valence-electron chi connectivity index (χ1n) is 7.76. The Labute approximate surface area is 154 Å². The number of aromatic nitrogens is 2. The molecule has 0 aliphatic carbocycles. The average Bonchev–Trinajstić information content (AvgIpc) is 3.15. The van der Waals surface area contributed by atoms with Gasteiger partial charge in [0.1, 0.15) is 11.5 Å². The van der Waals surface area contributed by atoms with Gasteiger partial charge in [-0.25, -0.2) is 22.2 Å². The molecule has 1 aromatic carbocycles. The number of nitrogens with one attached hydrogen (secondary N) is 1. The smallest absolute Gasteiger partial charge is 0.267 e. The normalized spacial score (nSPS) is 12.8. The molecule has 0 fully saturated rings. The Morgan fingerprint density at radius 3 is 2.58 bits per heavy atom. The van der Waals surface area contributed by atoms with Gasteiger partial charge in [-0.05, 0) is 48.7 Å². The largest absolute Gasteiger partial charge is 0.268 e. The summed E-state index contributed by atoms with van der Waals surface area (Å²) in [6, 6.07) is 10.9. The van der Waals surface area contributed by atoms with Crippen LogP contribution < -0.4 is 10.3 Å². The van der Waals surface area contributed by atoms with Gasteiger partial charge in [0, 0.05) is 12.6 Å². The summed E-state index contributed by atoms with van der Waals surface area (Å²) in [5, 5.41) is 6.24. The molecule has 0 spiro atoms. The first-order chi connectivity index (χ1) is 12.4. The van der Waals surface area contributed by atoms with E-state index in [1.165, 1.54) is 34.2 Å². The second-order valence-corrected chi connectivity index (χ2v) is 8.35. The summed E-state index contributed by atoms with van der Waals surface area (Å²) in [6.07, 6.45) is 0. The SMILES string of the molecule is CC(CNS(=O)(=O)c1ccc(F)cc1)n1nc(-c2cccs2)ccc1=O. The Morgan fingerprint density at radius 1 is 1.19 bits per heavy atom. The number of sulfonamides is 1. The van der Waals surface area contributed by atoms with Gasteiger partial charge in [-0.1, -0.05) is 6.07 Å². The van der Waals surface area contributed by atoms with E-state index in [1.807, 2.05) is 17.5 Å². The second kappa shape index (κ2) is 7.48. The maximum Gasteiger partial charge on any atom is 0.267 e. The highest BCUT2D eigenvalue weighted by molar-refractivity contribution is 7.89. The molecule has 9 heteroatoms. The van der Waals surface area contributed by atoms with Crippen molar-refractivity contribution < 1.29 is 12.8 Å². The maximum absolute atomic E-state index is 12.9. The fourth-order valence-electron chi connectivity index (χ4n) is 2.31. The van der Waals surface area contributed by atoms with E-state index in [1.54, 1.807) is 13.0 Å². The fraction of sp³-hybridized carbons (Fsp3) is 0.176. The summed E-state index contributed by atoms with van der Waals surface area (Å²) in [5.41, 5.74) is 0.326. The van der Waals surface area contributed by atoms with Crippen molar-refractivity contribution in [2.45, 2.75) is 17.9 Å². The molecule has 0 saturated heterocycles. The highest BCUT2D eigenvalue weighted by Crippen LogP contribution is 2.21. The highest BCUT2D eigenvalue weighted by Gasteiger charge is 2.17. The molecule has 0 aliphatic heterocycles. The Morgan fingerprint density at radius 2 is 1.92 bits per heavy atom. The van der Waals surface area contributed by atoms with Crippen LogP contribution >= 0.6 is 11.3 Å². The summed E-state index contributed by atoms with van der Waals surface area (Å²) in [6.45, 7) is 1.67. The molecule has 3 rings (SSSR count). The van der Waals surface area contributed by atoms with Gasteiger partial charge >= 0.3 is 0 Å². The minimum Gasteiger partial charge on any atom is -0.268 e. The van der Waals surface area contributed by atoms with E-state index in [4.69, 9.17) is 0 Å². The quantitative estimate of drug-likeness (QED) is 0.698. The lowest BCUT2D eigenvalue weighted by Crippen LogP contribution is -2.34. The predicted octanol–water partition coefficient (Wildman–Crippen LogP) is 2.65. The highest BCUT2D eigenvalue weighted by atomic mass is 32.2. The van der Waals surface area contributed by atoms with Crippen molar-refractivity contribution in [3.8, 4) is 10.6 Å². The lowest BCUT2D eigenvalue weighted by Gasteiger charge is -2.15. The van der Waals surface area contributed by atoms with Crippen molar-refractivity contribution in [1.82, 2.24) is 14.5 Å². The molecule has 6 nitrogen and oxygen atoms in total. The summed E-state index contributed by atoms with van der Waals surface area (Å²) >= 11 is 1.50. The Balaban J connectivity index is 1.78. The van der Waals surface area contributed by atoms with E-state index < -0.39 is 21.9 Å². The molecule has 2 aromatic heterocycles. The van der Waals surface area contributed by atoms with E-state index in [9.17, 15) is 17.6 Å². The molecule has 136 valence electrons. The summed E-state index contributed by atoms with van der Waals surface area (Å²) in [5.74, 6) is -0.515. The third-order valence-corrected chi connectivity index (χ3v) is 6.04. The third kappa shape index (κ3) is 4.06. The topological polar surface area (TPSA) is 81.1 Å². The number of benzene rings is 1. The minimum atomic E-state index is -3.80. The molecular formula is C17H16FN3O3S2. The number of rotatable bonds is 6. The van der Waals surface area contributed by atoms with Crippen LogP contribution in [0.2, 0.25) is 0 Å². The van der Waals surface area contributed by atoms with Crippen LogP contribution in [0, 0.1) is 5.82 Å². The van der Waals surface area contributed by atoms with Crippen LogP contribution in [0.25, 0.3) is 10.6 Å². The predicted molar refractivity (Wildman–Crippen MR) is 98.1 cm³/mol. The van der Waals surface area contributed by atoms with Gasteiger partial charge in [0.15, 0.2) is 0 Å². The molecular weight excluding hydrogens is 377 g/mol. The van der Waals surface area contributed by atoms with E-state index >= 15 is 0 Å². The molecule has 1 N–H and O–H groups in total. The third-order valence-electron chi connectivity index (χ3n) is 3.71. The fourth-order valence-corrected chi connectivity index (χ4v) is 4.12. The van der Waals surface area contributed by atoms with Gasteiger partial charge < -0.3 is 0 Å². The zero-order valence-corrected chi connectivity index (χ0v) is 15.4. The van der Waals surface area contributed by atoms with Gasteiger partial charge in [-0.2, -0.15) is 5.10 Å². The molecule has 0 aliphatic rings. The van der Waals surface area contributed by atoms with Crippen molar-refractivity contribution in [1.29, 1.82) is 0 Å². The Hall–Kier alpha value is -2.36. The first-order valence-corrected chi connectivity index (χ1v) is 10.1. The number of halogens is 1. The zero-order chi connectivity index (χ0) is 18.7. The molecule has 0 radical (unpaired) electrons. The monoisotopic (exact) mass is 393 g/mol. The molecule has 26 heavy (non-hydrogen) atoms. The number of thiophene rings is 1. The molecule has 0 saturated carbocycles. The van der Waals surface area contributed by atoms with Crippen LogP contribution in [0.1, 0.15) is 13.0 Å². The summed E-state index contributed by atoms with van der Waals surface area (Å²) in [4.78, 5) is 13.0. The molecule has 0 amide bonds. The molecule has 1 unspecified atom stereocenters. The lowest BCUT2D eigenvalue weighted by molar-refractivity contribution is 0.459. The van der Waals surface area contributed by atoms with Crippen LogP contribution in [-0.4, -0.2) is 24.7 Å².